The molecule has 3 heterocycles. The predicted octanol–water partition coefficient (Wildman–Crippen LogP) is 3.19. The maximum atomic E-state index is 12.3. The summed E-state index contributed by atoms with van der Waals surface area (Å²) in [6.45, 7) is 2.59. The molecule has 1 N–H and O–H groups in total. The molecule has 1 aliphatic rings. The Bertz CT molecular complexity index is 827. The molecule has 1 aromatic carbocycles. The molecule has 1 unspecified atom stereocenters. The van der Waals surface area contributed by atoms with E-state index < -0.39 is 0 Å². The van der Waals surface area contributed by atoms with Crippen LogP contribution >= 0.6 is 0 Å². The molecular formula is C19H19N3O3. The van der Waals surface area contributed by atoms with Gasteiger partial charge >= 0.3 is 0 Å². The zero-order valence-electron chi connectivity index (χ0n) is 13.7. The van der Waals surface area contributed by atoms with Crippen molar-refractivity contribution < 1.29 is 13.7 Å². The van der Waals surface area contributed by atoms with E-state index in [1.807, 2.05) is 18.2 Å². The molecule has 0 saturated carbocycles. The number of carbonyl (C=O) groups excluding carboxylic acids is 1. The van der Waals surface area contributed by atoms with E-state index in [4.69, 9.17) is 8.94 Å². The Hall–Kier alpha value is -3.02. The van der Waals surface area contributed by atoms with Gasteiger partial charge in [-0.1, -0.05) is 23.4 Å². The number of benzene rings is 1. The number of para-hydroxylation sites is 1. The standard InChI is InChI=1S/C19H19N3O3/c23-19(16-11-18(25-21-16)17-7-4-10-24-17)20-12-14-8-9-22(13-14)15-5-2-1-3-6-15/h1-7,10-11,14H,8-9,12-13H2,(H,20,23). The molecule has 3 aromatic rings. The third kappa shape index (κ3) is 3.42. The summed E-state index contributed by atoms with van der Waals surface area (Å²) >= 11 is 0. The highest BCUT2D eigenvalue weighted by atomic mass is 16.5. The molecule has 0 radical (unpaired) electrons. The largest absolute Gasteiger partial charge is 0.461 e. The van der Waals surface area contributed by atoms with Gasteiger partial charge in [0.05, 0.1) is 6.26 Å². The highest BCUT2D eigenvalue weighted by molar-refractivity contribution is 5.92. The average molecular weight is 337 g/mol. The van der Waals surface area contributed by atoms with Crippen molar-refractivity contribution in [3.05, 3.63) is 60.5 Å². The molecule has 1 amide bonds. The first-order valence-electron chi connectivity index (χ1n) is 8.38. The molecule has 0 aliphatic carbocycles. The van der Waals surface area contributed by atoms with E-state index in [-0.39, 0.29) is 11.6 Å². The molecular weight excluding hydrogens is 318 g/mol. The van der Waals surface area contributed by atoms with Gasteiger partial charge in [-0.15, -0.1) is 0 Å². The summed E-state index contributed by atoms with van der Waals surface area (Å²) in [7, 11) is 0. The molecule has 1 aliphatic heterocycles. The molecule has 1 saturated heterocycles. The molecule has 6 nitrogen and oxygen atoms in total. The number of carbonyl (C=O) groups is 1. The zero-order valence-corrected chi connectivity index (χ0v) is 13.7. The second-order valence-corrected chi connectivity index (χ2v) is 6.20. The van der Waals surface area contributed by atoms with E-state index in [1.54, 1.807) is 24.5 Å². The van der Waals surface area contributed by atoms with Crippen molar-refractivity contribution in [2.24, 2.45) is 5.92 Å². The summed E-state index contributed by atoms with van der Waals surface area (Å²) in [5.74, 6) is 1.22. The van der Waals surface area contributed by atoms with E-state index in [2.05, 4.69) is 27.5 Å². The van der Waals surface area contributed by atoms with Gasteiger partial charge in [-0.2, -0.15) is 0 Å². The summed E-state index contributed by atoms with van der Waals surface area (Å²) < 4.78 is 10.4. The van der Waals surface area contributed by atoms with Crippen LogP contribution in [0.5, 0.6) is 0 Å². The van der Waals surface area contributed by atoms with E-state index in [9.17, 15) is 4.79 Å². The van der Waals surface area contributed by atoms with Crippen LogP contribution in [0, 0.1) is 5.92 Å². The Balaban J connectivity index is 1.31. The fourth-order valence-corrected chi connectivity index (χ4v) is 3.12. The molecule has 0 spiro atoms. The van der Waals surface area contributed by atoms with E-state index in [0.29, 0.717) is 24.0 Å². The van der Waals surface area contributed by atoms with Crippen LogP contribution in [0.3, 0.4) is 0 Å². The smallest absolute Gasteiger partial charge is 0.273 e. The maximum absolute atomic E-state index is 12.3. The van der Waals surface area contributed by atoms with Crippen LogP contribution in [0.2, 0.25) is 0 Å². The van der Waals surface area contributed by atoms with Gasteiger partial charge in [0, 0.05) is 31.4 Å². The fourth-order valence-electron chi connectivity index (χ4n) is 3.12. The Kier molecular flexibility index (Phi) is 4.24. The molecule has 2 aromatic heterocycles. The van der Waals surface area contributed by atoms with Gasteiger partial charge in [0.1, 0.15) is 0 Å². The first-order valence-corrected chi connectivity index (χ1v) is 8.38. The molecule has 4 rings (SSSR count). The van der Waals surface area contributed by atoms with Gasteiger partial charge in [-0.25, -0.2) is 0 Å². The number of hydrogen-bond donors (Lipinski definition) is 1. The van der Waals surface area contributed by atoms with Crippen molar-refractivity contribution in [3.63, 3.8) is 0 Å². The van der Waals surface area contributed by atoms with Crippen LogP contribution in [0.15, 0.2) is 63.7 Å². The van der Waals surface area contributed by atoms with E-state index in [1.165, 1.54) is 5.69 Å². The van der Waals surface area contributed by atoms with Gasteiger partial charge in [-0.3, -0.25) is 4.79 Å². The molecule has 128 valence electrons. The summed E-state index contributed by atoms with van der Waals surface area (Å²) in [4.78, 5) is 14.6. The van der Waals surface area contributed by atoms with Crippen molar-refractivity contribution in [1.29, 1.82) is 0 Å². The van der Waals surface area contributed by atoms with Gasteiger partial charge in [0.25, 0.3) is 5.91 Å². The van der Waals surface area contributed by atoms with Gasteiger partial charge in [-0.05, 0) is 36.6 Å². The summed E-state index contributed by atoms with van der Waals surface area (Å²) in [6.07, 6.45) is 2.61. The SMILES string of the molecule is O=C(NCC1CCN(c2ccccc2)C1)c1cc(-c2ccco2)on1. The zero-order chi connectivity index (χ0) is 17.1. The highest BCUT2D eigenvalue weighted by Gasteiger charge is 2.24. The van der Waals surface area contributed by atoms with Crippen LogP contribution in [0.4, 0.5) is 5.69 Å². The lowest BCUT2D eigenvalue weighted by Gasteiger charge is -2.18. The minimum Gasteiger partial charge on any atom is -0.461 e. The van der Waals surface area contributed by atoms with Gasteiger partial charge in [0.2, 0.25) is 5.76 Å². The van der Waals surface area contributed by atoms with Gasteiger partial charge in [0.15, 0.2) is 11.5 Å². The van der Waals surface area contributed by atoms with Crippen molar-refractivity contribution >= 4 is 11.6 Å². The second-order valence-electron chi connectivity index (χ2n) is 6.20. The number of furan rings is 1. The van der Waals surface area contributed by atoms with Crippen LogP contribution in [0.1, 0.15) is 16.9 Å². The lowest BCUT2D eigenvalue weighted by molar-refractivity contribution is 0.0939. The van der Waals surface area contributed by atoms with Crippen molar-refractivity contribution in [2.45, 2.75) is 6.42 Å². The lowest BCUT2D eigenvalue weighted by Crippen LogP contribution is -2.31. The third-order valence-electron chi connectivity index (χ3n) is 4.47. The lowest BCUT2D eigenvalue weighted by atomic mass is 10.1. The van der Waals surface area contributed by atoms with Crippen LogP contribution < -0.4 is 10.2 Å². The molecule has 6 heteroatoms. The molecule has 0 bridgehead atoms. The Labute approximate surface area is 145 Å². The summed E-state index contributed by atoms with van der Waals surface area (Å²) in [6, 6.07) is 15.5. The number of amides is 1. The third-order valence-corrected chi connectivity index (χ3v) is 4.47. The normalized spacial score (nSPS) is 17.0. The summed E-state index contributed by atoms with van der Waals surface area (Å²) in [5.41, 5.74) is 1.50. The Morgan fingerprint density at radius 1 is 1.20 bits per heavy atom. The van der Waals surface area contributed by atoms with Crippen molar-refractivity contribution in [3.8, 4) is 11.5 Å². The van der Waals surface area contributed by atoms with Crippen LogP contribution in [-0.4, -0.2) is 30.7 Å². The number of nitrogens with zero attached hydrogens (tertiary/aromatic N) is 2. The molecule has 1 fully saturated rings. The Morgan fingerprint density at radius 2 is 2.08 bits per heavy atom. The predicted molar refractivity (Wildman–Crippen MR) is 93.3 cm³/mol. The number of aromatic nitrogens is 1. The minimum absolute atomic E-state index is 0.222. The monoisotopic (exact) mass is 337 g/mol. The van der Waals surface area contributed by atoms with Gasteiger partial charge < -0.3 is 19.2 Å². The van der Waals surface area contributed by atoms with Crippen LogP contribution in [0.25, 0.3) is 11.5 Å². The molecule has 1 atom stereocenters. The second kappa shape index (κ2) is 6.84. The summed E-state index contributed by atoms with van der Waals surface area (Å²) in [5, 5.41) is 6.78. The minimum atomic E-state index is -0.222. The fraction of sp³-hybridized carbons (Fsp3) is 0.263. The first kappa shape index (κ1) is 15.5. The topological polar surface area (TPSA) is 71.5 Å². The van der Waals surface area contributed by atoms with E-state index in [0.717, 1.165) is 19.5 Å². The number of hydrogen-bond acceptors (Lipinski definition) is 5. The maximum Gasteiger partial charge on any atom is 0.273 e. The van der Waals surface area contributed by atoms with Crippen molar-refractivity contribution in [1.82, 2.24) is 10.5 Å². The highest BCUT2D eigenvalue weighted by Crippen LogP contribution is 2.23. The number of nitrogens with one attached hydrogen (secondary N) is 1. The quantitative estimate of drug-likeness (QED) is 0.774. The van der Waals surface area contributed by atoms with Crippen molar-refractivity contribution in [2.75, 3.05) is 24.5 Å². The number of rotatable bonds is 5. The Morgan fingerprint density at radius 3 is 2.88 bits per heavy atom. The first-order chi connectivity index (χ1) is 12.3. The molecule has 25 heavy (non-hydrogen) atoms. The average Bonchev–Trinajstić information content (AvgIpc) is 3.41. The number of anilines is 1. The van der Waals surface area contributed by atoms with Crippen LogP contribution in [-0.2, 0) is 0 Å². The van der Waals surface area contributed by atoms with E-state index >= 15 is 0 Å².